The second-order valence-electron chi connectivity index (χ2n) is 3.20. The second-order valence-corrected chi connectivity index (χ2v) is 3.61. The van der Waals surface area contributed by atoms with Crippen molar-refractivity contribution < 1.29 is 19.4 Å². The molecule has 1 aromatic rings. The summed E-state index contributed by atoms with van der Waals surface area (Å²) >= 11 is 5.92. The van der Waals surface area contributed by atoms with E-state index >= 15 is 0 Å². The molecule has 0 aliphatic rings. The molecule has 0 spiro atoms. The maximum atomic E-state index is 10.8. The fourth-order valence-corrected chi connectivity index (χ4v) is 1.69. The molecule has 1 unspecified atom stereocenters. The number of carboxylic acids is 1. The Morgan fingerprint density at radius 1 is 1.50 bits per heavy atom. The molecule has 88 valence electrons. The summed E-state index contributed by atoms with van der Waals surface area (Å²) in [7, 11) is 2.85. The lowest BCUT2D eigenvalue weighted by Crippen LogP contribution is -2.25. The number of hydrogen-bond acceptors (Lipinski definition) is 3. The number of benzene rings is 1. The Kier molecular flexibility index (Phi) is 4.58. The summed E-state index contributed by atoms with van der Waals surface area (Å²) in [5, 5.41) is 9.33. The van der Waals surface area contributed by atoms with Gasteiger partial charge in [0.2, 0.25) is 0 Å². The molecule has 0 aliphatic heterocycles. The minimum Gasteiger partial charge on any atom is -0.495 e. The predicted octanol–water partition coefficient (Wildman–Crippen LogP) is 1.99. The van der Waals surface area contributed by atoms with Crippen LogP contribution in [0.15, 0.2) is 18.2 Å². The summed E-state index contributed by atoms with van der Waals surface area (Å²) in [6, 6.07) is 5.20. The van der Waals surface area contributed by atoms with Crippen molar-refractivity contribution in [3.63, 3.8) is 0 Å². The first-order chi connectivity index (χ1) is 7.60. The molecule has 0 heterocycles. The van der Waals surface area contributed by atoms with E-state index in [1.165, 1.54) is 14.2 Å². The Labute approximate surface area is 98.7 Å². The molecule has 1 N–H and O–H groups in total. The molecule has 0 saturated heterocycles. The largest absolute Gasteiger partial charge is 0.495 e. The van der Waals surface area contributed by atoms with E-state index in [0.29, 0.717) is 16.3 Å². The Balaban J connectivity index is 2.95. The molecule has 1 aromatic carbocycles. The summed E-state index contributed by atoms with van der Waals surface area (Å²) < 4.78 is 9.98. The number of ether oxygens (including phenoxy) is 2. The van der Waals surface area contributed by atoms with Gasteiger partial charge in [-0.3, -0.25) is 0 Å². The average Bonchev–Trinajstić information content (AvgIpc) is 2.25. The van der Waals surface area contributed by atoms with Crippen LogP contribution in [0.5, 0.6) is 5.75 Å². The highest BCUT2D eigenvalue weighted by Gasteiger charge is 2.19. The van der Waals surface area contributed by atoms with E-state index in [0.717, 1.165) is 0 Å². The van der Waals surface area contributed by atoms with E-state index in [1.54, 1.807) is 18.2 Å². The zero-order valence-electron chi connectivity index (χ0n) is 9.07. The minimum atomic E-state index is -1.01. The highest BCUT2D eigenvalue weighted by molar-refractivity contribution is 6.32. The monoisotopic (exact) mass is 244 g/mol. The van der Waals surface area contributed by atoms with Crippen LogP contribution in [0.1, 0.15) is 5.56 Å². The normalized spacial score (nSPS) is 12.2. The Morgan fingerprint density at radius 2 is 2.19 bits per heavy atom. The maximum Gasteiger partial charge on any atom is 0.333 e. The zero-order valence-corrected chi connectivity index (χ0v) is 9.82. The van der Waals surface area contributed by atoms with E-state index in [9.17, 15) is 4.79 Å². The van der Waals surface area contributed by atoms with Crippen LogP contribution in [-0.2, 0) is 16.0 Å². The van der Waals surface area contributed by atoms with Crippen LogP contribution in [0.3, 0.4) is 0 Å². The molecular weight excluding hydrogens is 232 g/mol. The number of carboxylic acid groups (broad SMARTS) is 1. The molecular formula is C11H13ClO4. The third-order valence-corrected chi connectivity index (χ3v) is 2.52. The third kappa shape index (κ3) is 2.87. The van der Waals surface area contributed by atoms with Crippen molar-refractivity contribution in [3.8, 4) is 5.75 Å². The van der Waals surface area contributed by atoms with Gasteiger partial charge >= 0.3 is 5.97 Å². The van der Waals surface area contributed by atoms with Gasteiger partial charge in [0, 0.05) is 13.5 Å². The van der Waals surface area contributed by atoms with Crippen LogP contribution in [0.2, 0.25) is 5.02 Å². The molecule has 0 bridgehead atoms. The number of rotatable bonds is 5. The third-order valence-electron chi connectivity index (χ3n) is 2.22. The van der Waals surface area contributed by atoms with Gasteiger partial charge in [0.15, 0.2) is 6.10 Å². The maximum absolute atomic E-state index is 10.8. The van der Waals surface area contributed by atoms with Crippen LogP contribution < -0.4 is 4.74 Å². The van der Waals surface area contributed by atoms with E-state index < -0.39 is 12.1 Å². The van der Waals surface area contributed by atoms with Gasteiger partial charge in [-0.25, -0.2) is 4.79 Å². The lowest BCUT2D eigenvalue weighted by molar-refractivity contribution is -0.148. The molecule has 0 aromatic heterocycles. The molecule has 0 amide bonds. The number of methoxy groups -OCH3 is 2. The lowest BCUT2D eigenvalue weighted by Gasteiger charge is -2.14. The number of carbonyl (C=O) groups is 1. The van der Waals surface area contributed by atoms with Crippen molar-refractivity contribution in [2.24, 2.45) is 0 Å². The van der Waals surface area contributed by atoms with E-state index in [4.69, 9.17) is 26.2 Å². The van der Waals surface area contributed by atoms with Gasteiger partial charge in [-0.1, -0.05) is 23.7 Å². The summed E-state index contributed by atoms with van der Waals surface area (Å²) in [5.41, 5.74) is 0.712. The Morgan fingerprint density at radius 3 is 2.69 bits per heavy atom. The van der Waals surface area contributed by atoms with E-state index in [2.05, 4.69) is 0 Å². The zero-order chi connectivity index (χ0) is 12.1. The number of aliphatic carboxylic acids is 1. The first-order valence-corrected chi connectivity index (χ1v) is 5.05. The van der Waals surface area contributed by atoms with E-state index in [-0.39, 0.29) is 6.42 Å². The Bertz CT molecular complexity index is 378. The van der Waals surface area contributed by atoms with Gasteiger partial charge in [-0.15, -0.1) is 0 Å². The van der Waals surface area contributed by atoms with Gasteiger partial charge < -0.3 is 14.6 Å². The van der Waals surface area contributed by atoms with Gasteiger partial charge in [0.05, 0.1) is 12.1 Å². The standard InChI is InChI=1S/C11H13ClO4/c1-15-9(11(13)14)6-7-4-3-5-8(12)10(7)16-2/h3-5,9H,6H2,1-2H3,(H,13,14). The highest BCUT2D eigenvalue weighted by atomic mass is 35.5. The minimum absolute atomic E-state index is 0.218. The van der Waals surface area contributed by atoms with Gasteiger partial charge in [-0.2, -0.15) is 0 Å². The summed E-state index contributed by atoms with van der Waals surface area (Å²) in [6.07, 6.45) is -0.678. The van der Waals surface area contributed by atoms with Crippen molar-refractivity contribution in [2.75, 3.05) is 14.2 Å². The van der Waals surface area contributed by atoms with Crippen LogP contribution in [0, 0.1) is 0 Å². The molecule has 1 rings (SSSR count). The molecule has 5 heteroatoms. The van der Waals surface area contributed by atoms with Crippen molar-refractivity contribution in [1.29, 1.82) is 0 Å². The predicted molar refractivity (Wildman–Crippen MR) is 60.1 cm³/mol. The second kappa shape index (κ2) is 5.72. The van der Waals surface area contributed by atoms with Gasteiger partial charge in [0.1, 0.15) is 5.75 Å². The van der Waals surface area contributed by atoms with Crippen molar-refractivity contribution >= 4 is 17.6 Å². The van der Waals surface area contributed by atoms with Crippen LogP contribution in [0.4, 0.5) is 0 Å². The van der Waals surface area contributed by atoms with Crippen molar-refractivity contribution in [3.05, 3.63) is 28.8 Å². The molecule has 4 nitrogen and oxygen atoms in total. The molecule has 16 heavy (non-hydrogen) atoms. The molecule has 0 aliphatic carbocycles. The number of halogens is 1. The quantitative estimate of drug-likeness (QED) is 0.861. The fourth-order valence-electron chi connectivity index (χ4n) is 1.41. The molecule has 0 radical (unpaired) electrons. The van der Waals surface area contributed by atoms with Crippen molar-refractivity contribution in [2.45, 2.75) is 12.5 Å². The highest BCUT2D eigenvalue weighted by Crippen LogP contribution is 2.29. The van der Waals surface area contributed by atoms with E-state index in [1.807, 2.05) is 0 Å². The first kappa shape index (κ1) is 12.8. The first-order valence-electron chi connectivity index (χ1n) is 4.67. The molecule has 0 saturated carbocycles. The lowest BCUT2D eigenvalue weighted by atomic mass is 10.1. The Hall–Kier alpha value is -1.26. The van der Waals surface area contributed by atoms with Crippen LogP contribution >= 0.6 is 11.6 Å². The molecule has 0 fully saturated rings. The van der Waals surface area contributed by atoms with Gasteiger partial charge in [-0.05, 0) is 11.6 Å². The number of para-hydroxylation sites is 1. The van der Waals surface area contributed by atoms with Gasteiger partial charge in [0.25, 0.3) is 0 Å². The molecule has 1 atom stereocenters. The van der Waals surface area contributed by atoms with Crippen LogP contribution in [-0.4, -0.2) is 31.4 Å². The summed E-state index contributed by atoms with van der Waals surface area (Å²) in [4.78, 5) is 10.8. The number of hydrogen-bond donors (Lipinski definition) is 1. The summed E-state index contributed by atoms with van der Waals surface area (Å²) in [5.74, 6) is -0.517. The average molecular weight is 245 g/mol. The fraction of sp³-hybridized carbons (Fsp3) is 0.364. The van der Waals surface area contributed by atoms with Crippen LogP contribution in [0.25, 0.3) is 0 Å². The topological polar surface area (TPSA) is 55.8 Å². The smallest absolute Gasteiger partial charge is 0.333 e. The van der Waals surface area contributed by atoms with Crippen molar-refractivity contribution in [1.82, 2.24) is 0 Å². The summed E-state index contributed by atoms with van der Waals surface area (Å²) in [6.45, 7) is 0. The SMILES string of the molecule is COc1c(Cl)cccc1CC(OC)C(=O)O.